The number of amides is 3. The van der Waals surface area contributed by atoms with E-state index in [4.69, 9.17) is 0 Å². The second kappa shape index (κ2) is 6.62. The largest absolute Gasteiger partial charge is 0.334 e. The Morgan fingerprint density at radius 3 is 2.20 bits per heavy atom. The lowest BCUT2D eigenvalue weighted by Crippen LogP contribution is -2.43. The summed E-state index contributed by atoms with van der Waals surface area (Å²) in [6, 6.07) is 10.1. The molecule has 0 N–H and O–H groups in total. The zero-order valence-corrected chi connectivity index (χ0v) is 14.4. The Bertz CT molecular complexity index is 663. The highest BCUT2D eigenvalue weighted by molar-refractivity contribution is 6.07. The standard InChI is InChI=1S/C20H24N2O3/c23-18(21-12-6-11-17(21)14-7-2-1-3-8-14)13-22-19(24)15-9-4-5-10-16(15)20(22)25/h1-3,7-8,15-17H,4-6,9-13H2. The second-order valence-electron chi connectivity index (χ2n) is 7.42. The molecule has 0 bridgehead atoms. The topological polar surface area (TPSA) is 57.7 Å². The average molecular weight is 340 g/mol. The Kier molecular flexibility index (Phi) is 4.32. The normalized spacial score (nSPS) is 29.2. The van der Waals surface area contributed by atoms with Gasteiger partial charge >= 0.3 is 0 Å². The Morgan fingerprint density at radius 2 is 1.56 bits per heavy atom. The molecule has 1 aliphatic carbocycles. The van der Waals surface area contributed by atoms with Crippen LogP contribution in [0.3, 0.4) is 0 Å². The van der Waals surface area contributed by atoms with E-state index in [9.17, 15) is 14.4 Å². The molecule has 1 saturated carbocycles. The lowest BCUT2D eigenvalue weighted by Gasteiger charge is -2.27. The molecule has 3 fully saturated rings. The molecule has 0 aromatic heterocycles. The third-order valence-corrected chi connectivity index (χ3v) is 5.98. The van der Waals surface area contributed by atoms with Crippen molar-refractivity contribution in [2.45, 2.75) is 44.6 Å². The van der Waals surface area contributed by atoms with E-state index >= 15 is 0 Å². The molecule has 1 aromatic carbocycles. The second-order valence-corrected chi connectivity index (χ2v) is 7.42. The molecule has 4 rings (SSSR count). The minimum Gasteiger partial charge on any atom is -0.334 e. The molecule has 5 heteroatoms. The van der Waals surface area contributed by atoms with Crippen LogP contribution in [0.4, 0.5) is 0 Å². The van der Waals surface area contributed by atoms with E-state index < -0.39 is 0 Å². The van der Waals surface area contributed by atoms with E-state index in [0.29, 0.717) is 6.54 Å². The van der Waals surface area contributed by atoms with E-state index in [1.165, 1.54) is 4.90 Å². The highest BCUT2D eigenvalue weighted by Crippen LogP contribution is 2.38. The summed E-state index contributed by atoms with van der Waals surface area (Å²) in [5.74, 6) is -0.723. The minimum atomic E-state index is -0.183. The third-order valence-electron chi connectivity index (χ3n) is 5.98. The predicted molar refractivity (Wildman–Crippen MR) is 92.3 cm³/mol. The van der Waals surface area contributed by atoms with Gasteiger partial charge < -0.3 is 4.90 Å². The van der Waals surface area contributed by atoms with Gasteiger partial charge in [0.15, 0.2) is 0 Å². The van der Waals surface area contributed by atoms with Gasteiger partial charge in [-0.15, -0.1) is 0 Å². The molecule has 2 aliphatic heterocycles. The summed E-state index contributed by atoms with van der Waals surface area (Å²) in [5, 5.41) is 0. The van der Waals surface area contributed by atoms with Crippen molar-refractivity contribution in [2.75, 3.05) is 13.1 Å². The van der Waals surface area contributed by atoms with Gasteiger partial charge in [0.05, 0.1) is 17.9 Å². The molecule has 3 unspecified atom stereocenters. The van der Waals surface area contributed by atoms with Crippen LogP contribution in [0.1, 0.15) is 50.1 Å². The number of carbonyl (C=O) groups is 3. The van der Waals surface area contributed by atoms with Gasteiger partial charge in [-0.2, -0.15) is 0 Å². The first kappa shape index (κ1) is 16.3. The molecule has 132 valence electrons. The molecular weight excluding hydrogens is 316 g/mol. The summed E-state index contributed by atoms with van der Waals surface area (Å²) < 4.78 is 0. The van der Waals surface area contributed by atoms with Crippen LogP contribution < -0.4 is 0 Å². The van der Waals surface area contributed by atoms with Crippen LogP contribution >= 0.6 is 0 Å². The highest BCUT2D eigenvalue weighted by atomic mass is 16.2. The number of benzene rings is 1. The van der Waals surface area contributed by atoms with Crippen LogP contribution in [0.25, 0.3) is 0 Å². The summed E-state index contributed by atoms with van der Waals surface area (Å²) in [7, 11) is 0. The summed E-state index contributed by atoms with van der Waals surface area (Å²) in [4.78, 5) is 41.1. The summed E-state index contributed by atoms with van der Waals surface area (Å²) >= 11 is 0. The molecule has 2 saturated heterocycles. The molecule has 1 aromatic rings. The summed E-state index contributed by atoms with van der Waals surface area (Å²) in [5.41, 5.74) is 1.13. The monoisotopic (exact) mass is 340 g/mol. The molecule has 5 nitrogen and oxygen atoms in total. The molecule has 0 spiro atoms. The summed E-state index contributed by atoms with van der Waals surface area (Å²) in [6.07, 6.45) is 5.47. The van der Waals surface area contributed by atoms with Gasteiger partial charge in [-0.3, -0.25) is 19.3 Å². The lowest BCUT2D eigenvalue weighted by molar-refractivity contribution is -0.147. The van der Waals surface area contributed by atoms with Gasteiger partial charge in [0.25, 0.3) is 0 Å². The number of hydrogen-bond donors (Lipinski definition) is 0. The SMILES string of the molecule is O=C1C2CCCCC2C(=O)N1CC(=O)N1CCCC1c1ccccc1. The van der Waals surface area contributed by atoms with E-state index in [1.807, 2.05) is 35.2 Å². The van der Waals surface area contributed by atoms with Crippen molar-refractivity contribution in [1.29, 1.82) is 0 Å². The van der Waals surface area contributed by atoms with Crippen molar-refractivity contribution >= 4 is 17.7 Å². The number of hydrogen-bond acceptors (Lipinski definition) is 3. The van der Waals surface area contributed by atoms with Crippen LogP contribution in [0.5, 0.6) is 0 Å². The maximum atomic E-state index is 12.9. The first-order valence-corrected chi connectivity index (χ1v) is 9.36. The van der Waals surface area contributed by atoms with Gasteiger partial charge in [-0.05, 0) is 31.2 Å². The van der Waals surface area contributed by atoms with Crippen LogP contribution in [0.2, 0.25) is 0 Å². The maximum Gasteiger partial charge on any atom is 0.243 e. The van der Waals surface area contributed by atoms with Crippen LogP contribution in [0, 0.1) is 11.8 Å². The molecule has 0 radical (unpaired) electrons. The quantitative estimate of drug-likeness (QED) is 0.795. The minimum absolute atomic E-state index is 0.0591. The molecule has 25 heavy (non-hydrogen) atoms. The first-order valence-electron chi connectivity index (χ1n) is 9.36. The molecule has 3 amide bonds. The fourth-order valence-corrected chi connectivity index (χ4v) is 4.70. The van der Waals surface area contributed by atoms with Crippen LogP contribution in [0.15, 0.2) is 30.3 Å². The van der Waals surface area contributed by atoms with E-state index in [0.717, 1.165) is 44.1 Å². The number of likely N-dealkylation sites (tertiary alicyclic amines) is 2. The lowest BCUT2D eigenvalue weighted by atomic mass is 9.81. The van der Waals surface area contributed by atoms with Crippen molar-refractivity contribution in [2.24, 2.45) is 11.8 Å². The van der Waals surface area contributed by atoms with Gasteiger partial charge in [0, 0.05) is 6.54 Å². The zero-order valence-electron chi connectivity index (χ0n) is 14.4. The van der Waals surface area contributed by atoms with Gasteiger partial charge in [-0.1, -0.05) is 43.2 Å². The van der Waals surface area contributed by atoms with Crippen LogP contribution in [-0.4, -0.2) is 40.6 Å². The predicted octanol–water partition coefficient (Wildman–Crippen LogP) is 2.53. The third kappa shape index (κ3) is 2.86. The fourth-order valence-electron chi connectivity index (χ4n) is 4.70. The van der Waals surface area contributed by atoms with Crippen molar-refractivity contribution in [3.05, 3.63) is 35.9 Å². The Morgan fingerprint density at radius 1 is 0.920 bits per heavy atom. The number of nitrogens with zero attached hydrogens (tertiary/aromatic N) is 2. The van der Waals surface area contributed by atoms with Gasteiger partial charge in [0.1, 0.15) is 6.54 Å². The number of rotatable bonds is 3. The Labute approximate surface area is 148 Å². The highest BCUT2D eigenvalue weighted by Gasteiger charge is 2.49. The smallest absolute Gasteiger partial charge is 0.243 e. The molecule has 3 atom stereocenters. The zero-order chi connectivity index (χ0) is 17.4. The first-order chi connectivity index (χ1) is 12.2. The van der Waals surface area contributed by atoms with E-state index in [2.05, 4.69) is 0 Å². The van der Waals surface area contributed by atoms with Gasteiger partial charge in [0.2, 0.25) is 17.7 Å². The summed E-state index contributed by atoms with van der Waals surface area (Å²) in [6.45, 7) is 0.607. The van der Waals surface area contributed by atoms with Crippen molar-refractivity contribution in [3.63, 3.8) is 0 Å². The van der Waals surface area contributed by atoms with E-state index in [-0.39, 0.29) is 42.1 Å². The van der Waals surface area contributed by atoms with Crippen LogP contribution in [-0.2, 0) is 14.4 Å². The number of carbonyl (C=O) groups excluding carboxylic acids is 3. The Balaban J connectivity index is 1.48. The van der Waals surface area contributed by atoms with Crippen molar-refractivity contribution in [3.8, 4) is 0 Å². The Hall–Kier alpha value is -2.17. The maximum absolute atomic E-state index is 12.9. The average Bonchev–Trinajstić information content (AvgIpc) is 3.23. The molecule has 2 heterocycles. The van der Waals surface area contributed by atoms with Gasteiger partial charge in [-0.25, -0.2) is 0 Å². The van der Waals surface area contributed by atoms with Crippen molar-refractivity contribution < 1.29 is 14.4 Å². The molecular formula is C20H24N2O3. The van der Waals surface area contributed by atoms with Crippen molar-refractivity contribution in [1.82, 2.24) is 9.80 Å². The molecule has 3 aliphatic rings. The number of fused-ring (bicyclic) bond motifs is 1. The fraction of sp³-hybridized carbons (Fsp3) is 0.550. The number of imide groups is 1. The van der Waals surface area contributed by atoms with E-state index in [1.54, 1.807) is 0 Å².